The summed E-state index contributed by atoms with van der Waals surface area (Å²) in [6, 6.07) is 0.887. The molecule has 0 radical (unpaired) electrons. The third kappa shape index (κ3) is 3.42. The summed E-state index contributed by atoms with van der Waals surface area (Å²) in [6.07, 6.45) is 4.66. The molecule has 1 atom stereocenters. The second-order valence-electron chi connectivity index (χ2n) is 4.96. The zero-order valence-corrected chi connectivity index (χ0v) is 12.3. The highest BCUT2D eigenvalue weighted by atomic mass is 32.2. The first-order valence-electron chi connectivity index (χ1n) is 6.59. The van der Waals surface area contributed by atoms with Crippen LogP contribution in [0, 0.1) is 6.92 Å². The first-order chi connectivity index (χ1) is 8.70. The number of hydrogen-bond donors (Lipinski definition) is 1. The first kappa shape index (κ1) is 13.7. The minimum absolute atomic E-state index is 0.286. The Balaban J connectivity index is 2.09. The van der Waals surface area contributed by atoms with Crippen molar-refractivity contribution in [3.63, 3.8) is 0 Å². The van der Waals surface area contributed by atoms with E-state index in [1.165, 1.54) is 24.3 Å². The molecule has 1 fully saturated rings. The van der Waals surface area contributed by atoms with Crippen molar-refractivity contribution in [2.75, 3.05) is 30.5 Å². The Morgan fingerprint density at radius 3 is 2.94 bits per heavy atom. The molecule has 4 nitrogen and oxygen atoms in total. The van der Waals surface area contributed by atoms with Gasteiger partial charge in [0.05, 0.1) is 12.3 Å². The molecule has 0 spiro atoms. The normalized spacial score (nSPS) is 18.8. The molecule has 1 N–H and O–H groups in total. The second kappa shape index (κ2) is 6.48. The van der Waals surface area contributed by atoms with E-state index in [4.69, 9.17) is 4.74 Å². The van der Waals surface area contributed by atoms with E-state index in [-0.39, 0.29) is 6.04 Å². The summed E-state index contributed by atoms with van der Waals surface area (Å²) >= 11 is 2.05. The second-order valence-corrected chi connectivity index (χ2v) is 6.18. The van der Waals surface area contributed by atoms with Crippen LogP contribution in [-0.4, -0.2) is 40.8 Å². The smallest absolute Gasteiger partial charge is 0.203 e. The van der Waals surface area contributed by atoms with Gasteiger partial charge in [0.1, 0.15) is 0 Å². The number of hydrogen-bond acceptors (Lipinski definition) is 4. The van der Waals surface area contributed by atoms with Gasteiger partial charge in [0.25, 0.3) is 0 Å². The third-order valence-electron chi connectivity index (χ3n) is 3.23. The molecule has 0 aliphatic carbocycles. The fourth-order valence-corrected chi connectivity index (χ4v) is 3.46. The molecule has 2 rings (SSSR count). The number of anilines is 1. The number of nitrogens with zero attached hydrogens (tertiary/aromatic N) is 2. The lowest BCUT2D eigenvalue weighted by atomic mass is 10.1. The molecular weight excluding hydrogens is 246 g/mol. The average Bonchev–Trinajstić information content (AvgIpc) is 2.71. The summed E-state index contributed by atoms with van der Waals surface area (Å²) < 4.78 is 7.49. The Morgan fingerprint density at radius 1 is 1.56 bits per heavy atom. The van der Waals surface area contributed by atoms with Crippen LogP contribution in [-0.2, 0) is 4.74 Å². The van der Waals surface area contributed by atoms with Crippen LogP contribution in [0.25, 0.3) is 0 Å². The van der Waals surface area contributed by atoms with E-state index in [9.17, 15) is 0 Å². The topological polar surface area (TPSA) is 39.1 Å². The van der Waals surface area contributed by atoms with Gasteiger partial charge in [-0.05, 0) is 38.2 Å². The fraction of sp³-hybridized carbons (Fsp3) is 0.769. The summed E-state index contributed by atoms with van der Waals surface area (Å²) in [4.78, 5) is 4.60. The number of aryl methyl sites for hydroxylation is 1. The van der Waals surface area contributed by atoms with E-state index in [1.807, 2.05) is 0 Å². The van der Waals surface area contributed by atoms with Crippen LogP contribution >= 0.6 is 11.8 Å². The van der Waals surface area contributed by atoms with Gasteiger partial charge in [-0.1, -0.05) is 0 Å². The molecule has 0 aromatic carbocycles. The number of thioether (sulfide) groups is 1. The van der Waals surface area contributed by atoms with Gasteiger partial charge in [0, 0.05) is 25.4 Å². The standard InChI is InChI=1S/C13H23N3OS/c1-10-8-16(12-4-6-18-7-5-12)13(14-10)15-11(2)9-17-3/h8,11-12H,4-7,9H2,1-3H3,(H,14,15). The number of rotatable bonds is 5. The Kier molecular flexibility index (Phi) is 4.95. The summed E-state index contributed by atoms with van der Waals surface area (Å²) in [5.74, 6) is 3.51. The van der Waals surface area contributed by atoms with Crippen LogP contribution in [0.1, 0.15) is 31.5 Å². The molecule has 102 valence electrons. The van der Waals surface area contributed by atoms with Crippen molar-refractivity contribution >= 4 is 17.7 Å². The number of nitrogens with one attached hydrogen (secondary N) is 1. The summed E-state index contributed by atoms with van der Waals surface area (Å²) in [5.41, 5.74) is 1.08. The van der Waals surface area contributed by atoms with Crippen molar-refractivity contribution in [1.82, 2.24) is 9.55 Å². The molecule has 2 heterocycles. The Hall–Kier alpha value is -0.680. The van der Waals surface area contributed by atoms with Crippen molar-refractivity contribution in [2.24, 2.45) is 0 Å². The molecule has 5 heteroatoms. The maximum atomic E-state index is 5.17. The van der Waals surface area contributed by atoms with E-state index in [2.05, 4.69) is 46.7 Å². The molecule has 1 aliphatic heterocycles. The minimum Gasteiger partial charge on any atom is -0.383 e. The molecular formula is C13H23N3OS. The van der Waals surface area contributed by atoms with Gasteiger partial charge < -0.3 is 14.6 Å². The van der Waals surface area contributed by atoms with Crippen molar-refractivity contribution in [1.29, 1.82) is 0 Å². The van der Waals surface area contributed by atoms with Gasteiger partial charge in [0.2, 0.25) is 5.95 Å². The van der Waals surface area contributed by atoms with Crippen LogP contribution in [0.2, 0.25) is 0 Å². The van der Waals surface area contributed by atoms with Gasteiger partial charge in [-0.3, -0.25) is 0 Å². The highest BCUT2D eigenvalue weighted by Crippen LogP contribution is 2.29. The van der Waals surface area contributed by atoms with E-state index < -0.39 is 0 Å². The Morgan fingerprint density at radius 2 is 2.28 bits per heavy atom. The lowest BCUT2D eigenvalue weighted by Crippen LogP contribution is -2.25. The van der Waals surface area contributed by atoms with Crippen LogP contribution in [0.5, 0.6) is 0 Å². The zero-order valence-electron chi connectivity index (χ0n) is 11.5. The summed E-state index contributed by atoms with van der Waals surface area (Å²) in [5, 5.41) is 3.45. The largest absolute Gasteiger partial charge is 0.383 e. The predicted octanol–water partition coefficient (Wildman–Crippen LogP) is 2.71. The number of aromatic nitrogens is 2. The zero-order chi connectivity index (χ0) is 13.0. The SMILES string of the molecule is COCC(C)Nc1nc(C)cn1C1CCSCC1. The Bertz CT molecular complexity index is 374. The van der Waals surface area contributed by atoms with Crippen LogP contribution < -0.4 is 5.32 Å². The van der Waals surface area contributed by atoms with Gasteiger partial charge in [-0.15, -0.1) is 0 Å². The van der Waals surface area contributed by atoms with Crippen molar-refractivity contribution in [3.8, 4) is 0 Å². The molecule has 1 unspecified atom stereocenters. The quantitative estimate of drug-likeness (QED) is 0.892. The predicted molar refractivity (Wildman–Crippen MR) is 77.5 cm³/mol. The maximum absolute atomic E-state index is 5.17. The summed E-state index contributed by atoms with van der Waals surface area (Å²) in [6.45, 7) is 4.88. The lowest BCUT2D eigenvalue weighted by Gasteiger charge is -2.25. The monoisotopic (exact) mass is 269 g/mol. The third-order valence-corrected chi connectivity index (χ3v) is 4.28. The fourth-order valence-electron chi connectivity index (χ4n) is 2.38. The Labute approximate surface area is 114 Å². The minimum atomic E-state index is 0.286. The van der Waals surface area contributed by atoms with Crippen LogP contribution in [0.3, 0.4) is 0 Å². The van der Waals surface area contributed by atoms with Gasteiger partial charge in [-0.25, -0.2) is 4.98 Å². The molecule has 18 heavy (non-hydrogen) atoms. The summed E-state index contributed by atoms with van der Waals surface area (Å²) in [7, 11) is 1.73. The molecule has 1 aliphatic rings. The van der Waals surface area contributed by atoms with Crippen LogP contribution in [0.15, 0.2) is 6.20 Å². The maximum Gasteiger partial charge on any atom is 0.203 e. The van der Waals surface area contributed by atoms with E-state index in [1.54, 1.807) is 7.11 Å². The van der Waals surface area contributed by atoms with Gasteiger partial charge in [-0.2, -0.15) is 11.8 Å². The van der Waals surface area contributed by atoms with Gasteiger partial charge in [0.15, 0.2) is 0 Å². The molecule has 1 aromatic heterocycles. The van der Waals surface area contributed by atoms with E-state index in [0.717, 1.165) is 11.6 Å². The highest BCUT2D eigenvalue weighted by Gasteiger charge is 2.19. The highest BCUT2D eigenvalue weighted by molar-refractivity contribution is 7.99. The van der Waals surface area contributed by atoms with E-state index in [0.29, 0.717) is 12.6 Å². The van der Waals surface area contributed by atoms with Crippen LogP contribution in [0.4, 0.5) is 5.95 Å². The number of methoxy groups -OCH3 is 1. The molecule has 1 aromatic rings. The molecule has 1 saturated heterocycles. The number of ether oxygens (including phenoxy) is 1. The molecule has 0 saturated carbocycles. The first-order valence-corrected chi connectivity index (χ1v) is 7.75. The van der Waals surface area contributed by atoms with E-state index >= 15 is 0 Å². The van der Waals surface area contributed by atoms with Crippen molar-refractivity contribution < 1.29 is 4.74 Å². The number of imidazole rings is 1. The molecule has 0 bridgehead atoms. The van der Waals surface area contributed by atoms with Gasteiger partial charge >= 0.3 is 0 Å². The van der Waals surface area contributed by atoms with Crippen molar-refractivity contribution in [3.05, 3.63) is 11.9 Å². The van der Waals surface area contributed by atoms with Crippen molar-refractivity contribution in [2.45, 2.75) is 38.8 Å². The molecule has 0 amide bonds. The average molecular weight is 269 g/mol. The lowest BCUT2D eigenvalue weighted by molar-refractivity contribution is 0.190.